The molecule has 0 bridgehead atoms. The Labute approximate surface area is 234 Å². The van der Waals surface area contributed by atoms with Gasteiger partial charge in [-0.25, -0.2) is 10.4 Å². The SMILES string of the molecule is O=C(N/N=C/c1cc(Cl)c(OCc2ccccc2Cl)c(Cl)c1)c1cc(-c2ccccc2)nc2ccccc12. The second kappa shape index (κ2) is 11.7. The number of hydrazone groups is 1. The maximum Gasteiger partial charge on any atom is 0.272 e. The monoisotopic (exact) mass is 559 g/mol. The third-order valence-corrected chi connectivity index (χ3v) is 6.69. The summed E-state index contributed by atoms with van der Waals surface area (Å²) >= 11 is 19.0. The number of hydrogen-bond acceptors (Lipinski definition) is 4. The van der Waals surface area contributed by atoms with Gasteiger partial charge in [0.2, 0.25) is 0 Å². The molecule has 8 heteroatoms. The molecule has 38 heavy (non-hydrogen) atoms. The molecule has 0 aliphatic rings. The Morgan fingerprint density at radius 3 is 2.29 bits per heavy atom. The zero-order valence-corrected chi connectivity index (χ0v) is 22.1. The van der Waals surface area contributed by atoms with E-state index in [1.807, 2.05) is 72.8 Å². The largest absolute Gasteiger partial charge is 0.486 e. The molecule has 1 N–H and O–H groups in total. The van der Waals surface area contributed by atoms with Crippen molar-refractivity contribution >= 4 is 57.8 Å². The number of benzene rings is 4. The zero-order valence-electron chi connectivity index (χ0n) is 19.9. The summed E-state index contributed by atoms with van der Waals surface area (Å²) in [5, 5.41) is 6.07. The highest BCUT2D eigenvalue weighted by Gasteiger charge is 2.14. The van der Waals surface area contributed by atoms with Gasteiger partial charge in [0.15, 0.2) is 5.75 Å². The van der Waals surface area contributed by atoms with Gasteiger partial charge in [-0.1, -0.05) is 102 Å². The van der Waals surface area contributed by atoms with Gasteiger partial charge in [-0.15, -0.1) is 0 Å². The number of aromatic nitrogens is 1. The van der Waals surface area contributed by atoms with Gasteiger partial charge in [0.25, 0.3) is 5.91 Å². The van der Waals surface area contributed by atoms with Crippen LogP contribution in [0.3, 0.4) is 0 Å². The number of halogens is 3. The van der Waals surface area contributed by atoms with Gasteiger partial charge in [-0.3, -0.25) is 4.79 Å². The first kappa shape index (κ1) is 25.7. The average molecular weight is 561 g/mol. The lowest BCUT2D eigenvalue weighted by atomic mass is 10.0. The van der Waals surface area contributed by atoms with Crippen molar-refractivity contribution in [1.82, 2.24) is 10.4 Å². The van der Waals surface area contributed by atoms with Crippen LogP contribution in [0.15, 0.2) is 102 Å². The number of hydrogen-bond donors (Lipinski definition) is 1. The summed E-state index contributed by atoms with van der Waals surface area (Å²) in [6.07, 6.45) is 1.47. The minimum atomic E-state index is -0.367. The highest BCUT2D eigenvalue weighted by atomic mass is 35.5. The van der Waals surface area contributed by atoms with Crippen molar-refractivity contribution in [3.05, 3.63) is 129 Å². The molecule has 1 heterocycles. The van der Waals surface area contributed by atoms with Gasteiger partial charge in [-0.05, 0) is 35.9 Å². The Hall–Kier alpha value is -3.90. The van der Waals surface area contributed by atoms with Crippen molar-refractivity contribution in [2.75, 3.05) is 0 Å². The lowest BCUT2D eigenvalue weighted by Crippen LogP contribution is -2.18. The highest BCUT2D eigenvalue weighted by molar-refractivity contribution is 6.37. The average Bonchev–Trinajstić information content (AvgIpc) is 2.93. The molecule has 0 spiro atoms. The van der Waals surface area contributed by atoms with E-state index in [0.29, 0.717) is 43.2 Å². The summed E-state index contributed by atoms with van der Waals surface area (Å²) in [5.41, 5.74) is 6.79. The molecule has 4 aromatic carbocycles. The number of carbonyl (C=O) groups excluding carboxylic acids is 1. The Kier molecular flexibility index (Phi) is 7.89. The third kappa shape index (κ3) is 5.81. The van der Waals surface area contributed by atoms with Gasteiger partial charge in [0.05, 0.1) is 33.0 Å². The standard InChI is InChI=1S/C30H20Cl3N3O2/c31-24-12-6-4-10-21(24)18-38-29-25(32)14-19(15-26(29)33)17-34-36-30(37)23-16-28(20-8-2-1-3-9-20)35-27-13-7-5-11-22(23)27/h1-17H,18H2,(H,36,37)/b34-17+. The second-order valence-electron chi connectivity index (χ2n) is 8.33. The maximum absolute atomic E-state index is 13.1. The number of nitrogens with one attached hydrogen (secondary N) is 1. The van der Waals surface area contributed by atoms with Crippen molar-refractivity contribution in [1.29, 1.82) is 0 Å². The normalized spacial score (nSPS) is 11.1. The first-order valence-corrected chi connectivity index (χ1v) is 12.8. The Morgan fingerprint density at radius 2 is 1.53 bits per heavy atom. The van der Waals surface area contributed by atoms with E-state index >= 15 is 0 Å². The van der Waals surface area contributed by atoms with Gasteiger partial charge in [-0.2, -0.15) is 5.10 Å². The molecule has 0 radical (unpaired) electrons. The number of para-hydroxylation sites is 1. The van der Waals surface area contributed by atoms with Crippen molar-refractivity contribution < 1.29 is 9.53 Å². The van der Waals surface area contributed by atoms with E-state index in [0.717, 1.165) is 16.5 Å². The van der Waals surface area contributed by atoms with Gasteiger partial charge in [0, 0.05) is 21.5 Å². The van der Waals surface area contributed by atoms with E-state index in [1.165, 1.54) is 6.21 Å². The quantitative estimate of drug-likeness (QED) is 0.161. The van der Waals surface area contributed by atoms with Crippen LogP contribution in [0, 0.1) is 0 Å². The summed E-state index contributed by atoms with van der Waals surface area (Å²) < 4.78 is 5.81. The molecule has 5 rings (SSSR count). The van der Waals surface area contributed by atoms with Crippen LogP contribution in [0.4, 0.5) is 0 Å². The van der Waals surface area contributed by atoms with Gasteiger partial charge >= 0.3 is 0 Å². The first-order chi connectivity index (χ1) is 18.5. The van der Waals surface area contributed by atoms with Crippen LogP contribution in [0.25, 0.3) is 22.2 Å². The lowest BCUT2D eigenvalue weighted by molar-refractivity contribution is 0.0956. The van der Waals surface area contributed by atoms with Crippen LogP contribution in [-0.2, 0) is 6.61 Å². The molecule has 0 saturated carbocycles. The van der Waals surface area contributed by atoms with Gasteiger partial charge < -0.3 is 4.74 Å². The van der Waals surface area contributed by atoms with Crippen LogP contribution in [0.2, 0.25) is 15.1 Å². The predicted molar refractivity (Wildman–Crippen MR) is 154 cm³/mol. The van der Waals surface area contributed by atoms with E-state index in [2.05, 4.69) is 10.5 Å². The number of nitrogens with zero attached hydrogens (tertiary/aromatic N) is 2. The molecule has 5 nitrogen and oxygen atoms in total. The van der Waals surface area contributed by atoms with E-state index < -0.39 is 0 Å². The molecule has 1 aromatic heterocycles. The van der Waals surface area contributed by atoms with Crippen LogP contribution in [0.1, 0.15) is 21.5 Å². The fraction of sp³-hybridized carbons (Fsp3) is 0.0333. The van der Waals surface area contributed by atoms with Crippen molar-refractivity contribution in [3.8, 4) is 17.0 Å². The minimum Gasteiger partial charge on any atom is -0.486 e. The molecule has 0 saturated heterocycles. The summed E-state index contributed by atoms with van der Waals surface area (Å²) in [6, 6.07) is 29.6. The number of fused-ring (bicyclic) bond motifs is 1. The number of pyridine rings is 1. The second-order valence-corrected chi connectivity index (χ2v) is 9.55. The molecular formula is C30H20Cl3N3O2. The van der Waals surface area contributed by atoms with Crippen LogP contribution >= 0.6 is 34.8 Å². The molecule has 1 amide bonds. The molecule has 0 atom stereocenters. The fourth-order valence-corrected chi connectivity index (χ4v) is 4.71. The van der Waals surface area contributed by atoms with E-state index in [1.54, 1.807) is 24.3 Å². The van der Waals surface area contributed by atoms with Crippen molar-refractivity contribution in [3.63, 3.8) is 0 Å². The predicted octanol–water partition coefficient (Wildman–Crippen LogP) is 8.20. The minimum absolute atomic E-state index is 0.216. The lowest BCUT2D eigenvalue weighted by Gasteiger charge is -2.12. The van der Waals surface area contributed by atoms with Crippen LogP contribution in [-0.4, -0.2) is 17.1 Å². The topological polar surface area (TPSA) is 63.6 Å². The summed E-state index contributed by atoms with van der Waals surface area (Å²) in [6.45, 7) is 0.216. The number of carbonyl (C=O) groups is 1. The Balaban J connectivity index is 1.33. The van der Waals surface area contributed by atoms with Crippen LogP contribution < -0.4 is 10.2 Å². The molecular weight excluding hydrogens is 541 g/mol. The smallest absolute Gasteiger partial charge is 0.272 e. The number of ether oxygens (including phenoxy) is 1. The van der Waals surface area contributed by atoms with Gasteiger partial charge in [0.1, 0.15) is 6.61 Å². The molecule has 5 aromatic rings. The summed E-state index contributed by atoms with van der Waals surface area (Å²) in [7, 11) is 0. The molecule has 0 fully saturated rings. The molecule has 188 valence electrons. The molecule has 0 aliphatic carbocycles. The number of amides is 1. The third-order valence-electron chi connectivity index (χ3n) is 5.76. The van der Waals surface area contributed by atoms with Crippen molar-refractivity contribution in [2.24, 2.45) is 5.10 Å². The number of rotatable bonds is 7. The highest BCUT2D eigenvalue weighted by Crippen LogP contribution is 2.35. The van der Waals surface area contributed by atoms with E-state index in [-0.39, 0.29) is 12.5 Å². The van der Waals surface area contributed by atoms with Crippen LogP contribution in [0.5, 0.6) is 5.75 Å². The fourth-order valence-electron chi connectivity index (χ4n) is 3.90. The zero-order chi connectivity index (χ0) is 26.5. The summed E-state index contributed by atoms with van der Waals surface area (Å²) in [4.78, 5) is 17.8. The first-order valence-electron chi connectivity index (χ1n) is 11.6. The van der Waals surface area contributed by atoms with Crippen molar-refractivity contribution in [2.45, 2.75) is 6.61 Å². The van der Waals surface area contributed by atoms with E-state index in [9.17, 15) is 4.79 Å². The molecule has 0 unspecified atom stereocenters. The Morgan fingerprint density at radius 1 is 0.842 bits per heavy atom. The summed E-state index contributed by atoms with van der Waals surface area (Å²) in [5.74, 6) is -0.0277. The van der Waals surface area contributed by atoms with E-state index in [4.69, 9.17) is 44.5 Å². The molecule has 0 aliphatic heterocycles. The Bertz CT molecular complexity index is 1630. The maximum atomic E-state index is 13.1.